The van der Waals surface area contributed by atoms with E-state index in [4.69, 9.17) is 13.8 Å². The molecule has 216 valence electrons. The number of hydrogen-bond donors (Lipinski definition) is 5. The Hall–Kier alpha value is -2.13. The van der Waals surface area contributed by atoms with Crippen LogP contribution in [-0.2, 0) is 29.7 Å². The van der Waals surface area contributed by atoms with E-state index in [9.17, 15) is 34.3 Å². The van der Waals surface area contributed by atoms with E-state index >= 15 is 0 Å². The number of H-pyrrole nitrogens is 1. The molecular weight excluding hydrogens is 553 g/mol. The molecular formula is C24H34N3O10PS. The third kappa shape index (κ3) is 7.97. The van der Waals surface area contributed by atoms with E-state index in [2.05, 4.69) is 5.09 Å². The first-order valence-electron chi connectivity index (χ1n) is 12.1. The molecule has 1 aliphatic rings. The van der Waals surface area contributed by atoms with Gasteiger partial charge < -0.3 is 20.1 Å². The fourth-order valence-electron chi connectivity index (χ4n) is 3.54. The SMILES string of the molecule is CC(C)(CO)C(=O)SCCOP(=O)(NCc1ccccc1)OC[C@H]1O[C@@H](n2ccc(=O)[nH]c2=O)C(O)C1(C)O. The Morgan fingerprint density at radius 3 is 2.59 bits per heavy atom. The van der Waals surface area contributed by atoms with Crippen LogP contribution in [0.25, 0.3) is 0 Å². The average molecular weight is 588 g/mol. The number of hydrogen-bond acceptors (Lipinski definition) is 11. The quantitative estimate of drug-likeness (QED) is 0.164. The van der Waals surface area contributed by atoms with Crippen molar-refractivity contribution in [1.82, 2.24) is 14.6 Å². The first kappa shape index (κ1) is 31.4. The number of aromatic nitrogens is 2. The fourth-order valence-corrected chi connectivity index (χ4v) is 5.77. The number of ether oxygens (including phenoxy) is 1. The second kappa shape index (κ2) is 13.0. The van der Waals surface area contributed by atoms with E-state index < -0.39 is 55.1 Å². The average Bonchev–Trinajstić information content (AvgIpc) is 3.12. The zero-order valence-electron chi connectivity index (χ0n) is 21.8. The molecule has 1 aromatic carbocycles. The zero-order valence-corrected chi connectivity index (χ0v) is 23.5. The van der Waals surface area contributed by atoms with Crippen molar-refractivity contribution in [2.24, 2.45) is 5.41 Å². The molecule has 0 saturated carbocycles. The molecule has 0 spiro atoms. The highest BCUT2D eigenvalue weighted by Gasteiger charge is 2.53. The predicted octanol–water partition coefficient (Wildman–Crippen LogP) is 0.755. The number of aliphatic hydroxyl groups excluding tert-OH is 2. The topological polar surface area (TPSA) is 189 Å². The number of rotatable bonds is 13. The number of nitrogens with zero attached hydrogens (tertiary/aromatic N) is 1. The molecule has 2 heterocycles. The number of benzene rings is 1. The molecule has 1 saturated heterocycles. The summed E-state index contributed by atoms with van der Waals surface area (Å²) in [6, 6.07) is 10.1. The summed E-state index contributed by atoms with van der Waals surface area (Å²) in [6.07, 6.45) is -3.06. The molecule has 0 amide bonds. The van der Waals surface area contributed by atoms with Gasteiger partial charge in [0, 0.05) is 24.6 Å². The summed E-state index contributed by atoms with van der Waals surface area (Å²) >= 11 is 0.923. The molecule has 15 heteroatoms. The summed E-state index contributed by atoms with van der Waals surface area (Å²) < 4.78 is 31.3. The number of carbonyl (C=O) groups excluding carboxylic acids is 1. The van der Waals surface area contributed by atoms with Crippen LogP contribution in [-0.4, -0.2) is 73.4 Å². The first-order valence-corrected chi connectivity index (χ1v) is 14.7. The van der Waals surface area contributed by atoms with Gasteiger partial charge in [0.25, 0.3) is 5.56 Å². The minimum Gasteiger partial charge on any atom is -0.395 e. The van der Waals surface area contributed by atoms with Crippen molar-refractivity contribution in [2.45, 2.75) is 51.4 Å². The van der Waals surface area contributed by atoms with Gasteiger partial charge in [-0.25, -0.2) is 14.4 Å². The summed E-state index contributed by atoms with van der Waals surface area (Å²) in [6.45, 7) is 3.64. The summed E-state index contributed by atoms with van der Waals surface area (Å²) in [7, 11) is -4.04. The highest BCUT2D eigenvalue weighted by Crippen LogP contribution is 2.46. The van der Waals surface area contributed by atoms with Crippen LogP contribution in [0.2, 0.25) is 0 Å². The van der Waals surface area contributed by atoms with Crippen LogP contribution in [0.1, 0.15) is 32.6 Å². The summed E-state index contributed by atoms with van der Waals surface area (Å²) in [5.74, 6) is 0.135. The number of aromatic amines is 1. The van der Waals surface area contributed by atoms with E-state index in [1.54, 1.807) is 38.1 Å². The van der Waals surface area contributed by atoms with E-state index in [0.717, 1.165) is 34.2 Å². The largest absolute Gasteiger partial charge is 0.405 e. The van der Waals surface area contributed by atoms with Gasteiger partial charge in [-0.1, -0.05) is 42.1 Å². The molecule has 5 N–H and O–H groups in total. The lowest BCUT2D eigenvalue weighted by molar-refractivity contribution is -0.119. The van der Waals surface area contributed by atoms with Gasteiger partial charge in [0.05, 0.1) is 25.2 Å². The summed E-state index contributed by atoms with van der Waals surface area (Å²) in [5.41, 5.74) is -3.57. The van der Waals surface area contributed by atoms with Crippen molar-refractivity contribution in [2.75, 3.05) is 25.6 Å². The number of aliphatic hydroxyl groups is 3. The van der Waals surface area contributed by atoms with Gasteiger partial charge in [-0.2, -0.15) is 0 Å². The van der Waals surface area contributed by atoms with Gasteiger partial charge in [-0.3, -0.25) is 28.2 Å². The molecule has 1 aromatic heterocycles. The van der Waals surface area contributed by atoms with Crippen molar-refractivity contribution < 1.29 is 38.5 Å². The Labute approximate surface area is 229 Å². The smallest absolute Gasteiger partial charge is 0.395 e. The fraction of sp³-hybridized carbons (Fsp3) is 0.542. The summed E-state index contributed by atoms with van der Waals surface area (Å²) in [4.78, 5) is 37.9. The molecule has 2 aromatic rings. The predicted molar refractivity (Wildman–Crippen MR) is 143 cm³/mol. The van der Waals surface area contributed by atoms with E-state index in [0.29, 0.717) is 0 Å². The molecule has 1 fully saturated rings. The lowest BCUT2D eigenvalue weighted by Gasteiger charge is -2.27. The Kier molecular flexibility index (Phi) is 10.5. The minimum absolute atomic E-state index is 0.113. The van der Waals surface area contributed by atoms with E-state index in [1.165, 1.54) is 6.92 Å². The van der Waals surface area contributed by atoms with Gasteiger partial charge in [0.15, 0.2) is 11.3 Å². The maximum Gasteiger partial charge on any atom is 0.405 e. The third-order valence-corrected chi connectivity index (χ3v) is 8.93. The second-order valence-electron chi connectivity index (χ2n) is 9.83. The van der Waals surface area contributed by atoms with Crippen LogP contribution in [0.4, 0.5) is 0 Å². The van der Waals surface area contributed by atoms with E-state index in [1.807, 2.05) is 11.1 Å². The van der Waals surface area contributed by atoms with Crippen molar-refractivity contribution in [3.63, 3.8) is 0 Å². The molecule has 0 bridgehead atoms. The number of thioether (sulfide) groups is 1. The molecule has 0 aliphatic carbocycles. The monoisotopic (exact) mass is 587 g/mol. The van der Waals surface area contributed by atoms with Crippen LogP contribution >= 0.6 is 19.5 Å². The number of nitrogens with one attached hydrogen (secondary N) is 2. The Balaban J connectivity index is 1.69. The molecule has 0 radical (unpaired) electrons. The third-order valence-electron chi connectivity index (χ3n) is 6.19. The lowest BCUT2D eigenvalue weighted by Crippen LogP contribution is -2.47. The second-order valence-corrected chi connectivity index (χ2v) is 12.7. The highest BCUT2D eigenvalue weighted by molar-refractivity contribution is 8.13. The lowest BCUT2D eigenvalue weighted by atomic mass is 9.95. The molecule has 3 rings (SSSR count). The first-order chi connectivity index (χ1) is 18.3. The van der Waals surface area contributed by atoms with Crippen molar-refractivity contribution in [3.8, 4) is 0 Å². The molecule has 3 unspecified atom stereocenters. The Morgan fingerprint density at radius 2 is 1.95 bits per heavy atom. The van der Waals surface area contributed by atoms with Gasteiger partial charge in [0.1, 0.15) is 17.8 Å². The van der Waals surface area contributed by atoms with Crippen LogP contribution in [0.3, 0.4) is 0 Å². The standard InChI is InChI=1S/C24H34N3O10PS/c1-23(2,15-28)21(31)39-12-11-35-38(34,25-13-16-7-5-4-6-8-16)36-14-17-24(3,33)19(30)20(37-17)27-10-9-18(29)26-22(27)32/h4-10,17,19-20,28,30,33H,11-15H2,1-3H3,(H,25,34)(H,26,29,32)/t17-,19?,20-,24?,38?/m1/s1. The summed E-state index contributed by atoms with van der Waals surface area (Å²) in [5, 5.41) is 33.4. The highest BCUT2D eigenvalue weighted by atomic mass is 32.2. The van der Waals surface area contributed by atoms with Crippen LogP contribution in [0.5, 0.6) is 0 Å². The normalized spacial score (nSPS) is 24.9. The number of carbonyl (C=O) groups is 1. The van der Waals surface area contributed by atoms with Gasteiger partial charge in [-0.15, -0.1) is 0 Å². The van der Waals surface area contributed by atoms with E-state index in [-0.39, 0.29) is 30.6 Å². The molecule has 13 nitrogen and oxygen atoms in total. The molecule has 1 aliphatic heterocycles. The molecule has 5 atom stereocenters. The maximum absolute atomic E-state index is 13.6. The van der Waals surface area contributed by atoms with Gasteiger partial charge in [-0.05, 0) is 26.3 Å². The van der Waals surface area contributed by atoms with Crippen LogP contribution in [0, 0.1) is 5.41 Å². The van der Waals surface area contributed by atoms with Gasteiger partial charge in [0.2, 0.25) is 0 Å². The van der Waals surface area contributed by atoms with Crippen molar-refractivity contribution >= 4 is 24.6 Å². The van der Waals surface area contributed by atoms with Crippen LogP contribution in [0.15, 0.2) is 52.2 Å². The molecule has 39 heavy (non-hydrogen) atoms. The zero-order chi connectivity index (χ0) is 28.8. The van der Waals surface area contributed by atoms with Crippen molar-refractivity contribution in [3.05, 3.63) is 69.0 Å². The van der Waals surface area contributed by atoms with Gasteiger partial charge >= 0.3 is 13.4 Å². The van der Waals surface area contributed by atoms with Crippen molar-refractivity contribution in [1.29, 1.82) is 0 Å². The van der Waals surface area contributed by atoms with Crippen LogP contribution < -0.4 is 16.3 Å². The Morgan fingerprint density at radius 1 is 1.26 bits per heavy atom. The minimum atomic E-state index is -4.04. The maximum atomic E-state index is 13.6. The Bertz CT molecular complexity index is 1280.